The lowest BCUT2D eigenvalue weighted by atomic mass is 10.3. The van der Waals surface area contributed by atoms with Crippen molar-refractivity contribution in [2.45, 2.75) is 4.90 Å². The normalized spacial score (nSPS) is 8.55. The van der Waals surface area contributed by atoms with E-state index in [0.29, 0.717) is 11.4 Å². The lowest BCUT2D eigenvalue weighted by Crippen LogP contribution is -1.92. The molecule has 1 rings (SSSR count). The maximum Gasteiger partial charge on any atom is 0.142 e. The molecule has 0 aromatic heterocycles. The summed E-state index contributed by atoms with van der Waals surface area (Å²) in [6, 6.07) is 5.47. The zero-order chi connectivity index (χ0) is 7.56. The zero-order valence-corrected chi connectivity index (χ0v) is 7.78. The second kappa shape index (κ2) is 4.36. The largest absolute Gasteiger partial charge is 0.495 e. The average Bonchev–Trinajstić information content (AvgIpc) is 1.95. The Kier molecular flexibility index (Phi) is 4.15. The Hall–Kier alpha value is -0.540. The van der Waals surface area contributed by atoms with E-state index < -0.39 is 0 Å². The molecular weight excluding hydrogens is 182 g/mol. The van der Waals surface area contributed by atoms with Gasteiger partial charge in [-0.2, -0.15) is 0 Å². The van der Waals surface area contributed by atoms with Crippen molar-refractivity contribution in [3.63, 3.8) is 0 Å². The van der Waals surface area contributed by atoms with Crippen LogP contribution >= 0.6 is 25.0 Å². The molecule has 62 valence electrons. The number of ether oxygens (including phenoxy) is 1. The molecule has 1 aromatic carbocycles. The first-order chi connectivity index (χ1) is 4.75. The molecule has 0 bridgehead atoms. The minimum Gasteiger partial charge on any atom is -0.495 e. The van der Waals surface area contributed by atoms with Crippen molar-refractivity contribution >= 4 is 30.7 Å². The molecule has 0 aliphatic rings. The summed E-state index contributed by atoms with van der Waals surface area (Å²) >= 11 is 4.12. The summed E-state index contributed by atoms with van der Waals surface area (Å²) in [5, 5.41) is 0. The van der Waals surface area contributed by atoms with Crippen LogP contribution in [-0.4, -0.2) is 7.11 Å². The summed E-state index contributed by atoms with van der Waals surface area (Å²) in [5.41, 5.74) is 6.18. The van der Waals surface area contributed by atoms with Gasteiger partial charge in [-0.25, -0.2) is 0 Å². The highest BCUT2D eigenvalue weighted by Crippen LogP contribution is 2.26. The van der Waals surface area contributed by atoms with E-state index in [2.05, 4.69) is 12.6 Å². The minimum absolute atomic E-state index is 0. The van der Waals surface area contributed by atoms with Crippen molar-refractivity contribution in [3.8, 4) is 5.75 Å². The molecule has 0 radical (unpaired) electrons. The molecule has 0 aliphatic carbocycles. The van der Waals surface area contributed by atoms with Crippen LogP contribution in [0.25, 0.3) is 0 Å². The van der Waals surface area contributed by atoms with Crippen molar-refractivity contribution in [1.82, 2.24) is 0 Å². The van der Waals surface area contributed by atoms with Gasteiger partial charge in [0.15, 0.2) is 0 Å². The van der Waals surface area contributed by atoms with Crippen LogP contribution in [0.15, 0.2) is 23.1 Å². The maximum absolute atomic E-state index is 5.59. The number of benzene rings is 1. The first kappa shape index (κ1) is 10.5. The quantitative estimate of drug-likeness (QED) is 0.526. The van der Waals surface area contributed by atoms with E-state index in [1.807, 2.05) is 12.1 Å². The summed E-state index contributed by atoms with van der Waals surface area (Å²) in [7, 11) is 1.58. The van der Waals surface area contributed by atoms with Crippen LogP contribution in [0.5, 0.6) is 5.75 Å². The van der Waals surface area contributed by atoms with E-state index in [-0.39, 0.29) is 12.4 Å². The van der Waals surface area contributed by atoms with Crippen LogP contribution in [0, 0.1) is 0 Å². The van der Waals surface area contributed by atoms with Gasteiger partial charge in [-0.1, -0.05) is 6.07 Å². The number of halogens is 1. The van der Waals surface area contributed by atoms with Crippen molar-refractivity contribution in [3.05, 3.63) is 18.2 Å². The molecule has 1 aromatic rings. The monoisotopic (exact) mass is 191 g/mol. The number of methoxy groups -OCH3 is 1. The highest BCUT2D eigenvalue weighted by atomic mass is 35.5. The van der Waals surface area contributed by atoms with Crippen molar-refractivity contribution in [2.75, 3.05) is 12.8 Å². The van der Waals surface area contributed by atoms with Crippen LogP contribution in [-0.2, 0) is 0 Å². The molecule has 0 saturated carbocycles. The van der Waals surface area contributed by atoms with Gasteiger partial charge in [-0.15, -0.1) is 25.0 Å². The molecule has 0 aliphatic heterocycles. The van der Waals surface area contributed by atoms with Crippen LogP contribution in [0.4, 0.5) is 5.69 Å². The summed E-state index contributed by atoms with van der Waals surface area (Å²) < 4.78 is 4.95. The molecule has 2 nitrogen and oxygen atoms in total. The Morgan fingerprint density at radius 3 is 2.55 bits per heavy atom. The standard InChI is InChI=1S/C7H9NOS.ClH/c1-9-5-3-2-4-6(10)7(5)8;/h2-4,10H,8H2,1H3;1H. The van der Waals surface area contributed by atoms with Crippen LogP contribution in [0.2, 0.25) is 0 Å². The third-order valence-corrected chi connectivity index (χ3v) is 1.65. The predicted molar refractivity (Wildman–Crippen MR) is 51.9 cm³/mol. The van der Waals surface area contributed by atoms with Crippen LogP contribution in [0.3, 0.4) is 0 Å². The summed E-state index contributed by atoms with van der Waals surface area (Å²) in [5.74, 6) is 0.674. The number of thiol groups is 1. The van der Waals surface area contributed by atoms with Gasteiger partial charge in [0.05, 0.1) is 12.8 Å². The smallest absolute Gasteiger partial charge is 0.142 e. The molecular formula is C7H10ClNOS. The van der Waals surface area contributed by atoms with Crippen molar-refractivity contribution in [2.24, 2.45) is 0 Å². The van der Waals surface area contributed by atoms with E-state index in [4.69, 9.17) is 10.5 Å². The second-order valence-corrected chi connectivity index (χ2v) is 2.37. The third-order valence-electron chi connectivity index (χ3n) is 1.26. The minimum atomic E-state index is 0. The predicted octanol–water partition coefficient (Wildman–Crippen LogP) is 1.99. The fraction of sp³-hybridized carbons (Fsp3) is 0.143. The maximum atomic E-state index is 5.59. The Morgan fingerprint density at radius 1 is 1.45 bits per heavy atom. The third kappa shape index (κ3) is 2.20. The molecule has 0 saturated heterocycles. The number of nitrogen functional groups attached to an aromatic ring is 1. The number of rotatable bonds is 1. The zero-order valence-electron chi connectivity index (χ0n) is 6.07. The average molecular weight is 192 g/mol. The number of hydrogen-bond acceptors (Lipinski definition) is 3. The molecule has 2 N–H and O–H groups in total. The lowest BCUT2D eigenvalue weighted by molar-refractivity contribution is 0.416. The highest BCUT2D eigenvalue weighted by Gasteiger charge is 1.99. The molecule has 0 atom stereocenters. The van der Waals surface area contributed by atoms with E-state index in [0.717, 1.165) is 4.90 Å². The highest BCUT2D eigenvalue weighted by molar-refractivity contribution is 7.80. The van der Waals surface area contributed by atoms with E-state index in [9.17, 15) is 0 Å². The van der Waals surface area contributed by atoms with Gasteiger partial charge >= 0.3 is 0 Å². The second-order valence-electron chi connectivity index (χ2n) is 1.89. The number of nitrogens with two attached hydrogens (primary N) is 1. The first-order valence-corrected chi connectivity index (χ1v) is 3.32. The molecule has 0 unspecified atom stereocenters. The van der Waals surface area contributed by atoms with Crippen LogP contribution in [0.1, 0.15) is 0 Å². The molecule has 11 heavy (non-hydrogen) atoms. The molecule has 0 amide bonds. The SMILES string of the molecule is COc1cccc(S)c1N.Cl. The molecule has 0 heterocycles. The van der Waals surface area contributed by atoms with Gasteiger partial charge in [0, 0.05) is 4.90 Å². The Balaban J connectivity index is 0.000001000. The Bertz CT molecular complexity index is 242. The van der Waals surface area contributed by atoms with Gasteiger partial charge in [0.2, 0.25) is 0 Å². The molecule has 4 heteroatoms. The topological polar surface area (TPSA) is 35.2 Å². The van der Waals surface area contributed by atoms with E-state index in [1.54, 1.807) is 13.2 Å². The number of hydrogen-bond donors (Lipinski definition) is 2. The van der Waals surface area contributed by atoms with Crippen molar-refractivity contribution < 1.29 is 4.74 Å². The van der Waals surface area contributed by atoms with Crippen LogP contribution < -0.4 is 10.5 Å². The van der Waals surface area contributed by atoms with Gasteiger partial charge < -0.3 is 10.5 Å². The Labute approximate surface area is 77.6 Å². The number of anilines is 1. The van der Waals surface area contributed by atoms with Gasteiger partial charge in [0.25, 0.3) is 0 Å². The summed E-state index contributed by atoms with van der Waals surface area (Å²) in [6.45, 7) is 0. The summed E-state index contributed by atoms with van der Waals surface area (Å²) in [6.07, 6.45) is 0. The molecule has 0 spiro atoms. The fourth-order valence-electron chi connectivity index (χ4n) is 0.710. The Morgan fingerprint density at radius 2 is 2.09 bits per heavy atom. The van der Waals surface area contributed by atoms with Crippen molar-refractivity contribution in [1.29, 1.82) is 0 Å². The van der Waals surface area contributed by atoms with Gasteiger partial charge in [-0.05, 0) is 12.1 Å². The van der Waals surface area contributed by atoms with Gasteiger partial charge in [0.1, 0.15) is 5.75 Å². The van der Waals surface area contributed by atoms with Gasteiger partial charge in [-0.3, -0.25) is 0 Å². The van der Waals surface area contributed by atoms with E-state index >= 15 is 0 Å². The fourth-order valence-corrected chi connectivity index (χ4v) is 0.907. The summed E-state index contributed by atoms with van der Waals surface area (Å²) in [4.78, 5) is 0.749. The first-order valence-electron chi connectivity index (χ1n) is 2.87. The number of para-hydroxylation sites is 1. The van der Waals surface area contributed by atoms with E-state index in [1.165, 1.54) is 0 Å². The molecule has 0 fully saturated rings. The lowest BCUT2D eigenvalue weighted by Gasteiger charge is -2.04.